The first-order valence-electron chi connectivity index (χ1n) is 8.56. The third-order valence-corrected chi connectivity index (χ3v) is 3.90. The molecule has 0 radical (unpaired) electrons. The fourth-order valence-electron chi connectivity index (χ4n) is 2.53. The van der Waals surface area contributed by atoms with Crippen LogP contribution in [-0.4, -0.2) is 36.3 Å². The minimum absolute atomic E-state index is 0.129. The molecule has 0 saturated carbocycles. The first kappa shape index (κ1) is 18.4. The van der Waals surface area contributed by atoms with Crippen molar-refractivity contribution in [3.63, 3.8) is 0 Å². The SMILES string of the molecule is COc1ccc(OCCOC(=O)CCc2nc3ccccc3c(=O)[nH]2)cc1. The summed E-state index contributed by atoms with van der Waals surface area (Å²) in [5.74, 6) is 1.51. The molecular formula is C20H20N2O5. The van der Waals surface area contributed by atoms with Crippen LogP contribution in [0.15, 0.2) is 53.3 Å². The molecule has 7 nitrogen and oxygen atoms in total. The van der Waals surface area contributed by atoms with Crippen molar-refractivity contribution in [3.8, 4) is 11.5 Å². The van der Waals surface area contributed by atoms with Gasteiger partial charge in [0.1, 0.15) is 30.5 Å². The number of hydrogen-bond acceptors (Lipinski definition) is 6. The monoisotopic (exact) mass is 368 g/mol. The number of rotatable bonds is 8. The van der Waals surface area contributed by atoms with Crippen LogP contribution in [0.4, 0.5) is 0 Å². The lowest BCUT2D eigenvalue weighted by molar-refractivity contribution is -0.144. The Labute approximate surface area is 155 Å². The summed E-state index contributed by atoms with van der Waals surface area (Å²) in [4.78, 5) is 30.9. The molecule has 1 heterocycles. The van der Waals surface area contributed by atoms with Gasteiger partial charge < -0.3 is 19.2 Å². The Morgan fingerprint density at radius 3 is 2.56 bits per heavy atom. The summed E-state index contributed by atoms with van der Waals surface area (Å²) >= 11 is 0. The molecule has 1 N–H and O–H groups in total. The van der Waals surface area contributed by atoms with Gasteiger partial charge in [0.15, 0.2) is 0 Å². The molecule has 0 aliphatic heterocycles. The predicted octanol–water partition coefficient (Wildman–Crippen LogP) is 2.49. The number of methoxy groups -OCH3 is 1. The summed E-state index contributed by atoms with van der Waals surface area (Å²) in [6.07, 6.45) is 0.433. The lowest BCUT2D eigenvalue weighted by Gasteiger charge is -2.08. The van der Waals surface area contributed by atoms with Crippen LogP contribution in [0.3, 0.4) is 0 Å². The predicted molar refractivity (Wildman–Crippen MR) is 100 cm³/mol. The number of para-hydroxylation sites is 1. The summed E-state index contributed by atoms with van der Waals surface area (Å²) in [5, 5.41) is 0.527. The van der Waals surface area contributed by atoms with Crippen LogP contribution in [-0.2, 0) is 16.0 Å². The molecule has 3 rings (SSSR count). The van der Waals surface area contributed by atoms with E-state index in [1.807, 2.05) is 6.07 Å². The molecule has 0 fully saturated rings. The highest BCUT2D eigenvalue weighted by molar-refractivity contribution is 5.77. The molecule has 0 aliphatic carbocycles. The van der Waals surface area contributed by atoms with Gasteiger partial charge in [0.2, 0.25) is 0 Å². The van der Waals surface area contributed by atoms with Crippen molar-refractivity contribution in [2.24, 2.45) is 0 Å². The molecule has 3 aromatic rings. The number of aromatic amines is 1. The van der Waals surface area contributed by atoms with Gasteiger partial charge in [0.25, 0.3) is 5.56 Å². The normalized spacial score (nSPS) is 10.6. The average Bonchev–Trinajstić information content (AvgIpc) is 2.70. The molecule has 0 unspecified atom stereocenters. The highest BCUT2D eigenvalue weighted by atomic mass is 16.6. The van der Waals surface area contributed by atoms with Crippen molar-refractivity contribution in [2.75, 3.05) is 20.3 Å². The number of benzene rings is 2. The smallest absolute Gasteiger partial charge is 0.306 e. The molecule has 0 amide bonds. The van der Waals surface area contributed by atoms with E-state index in [1.54, 1.807) is 49.6 Å². The first-order valence-corrected chi connectivity index (χ1v) is 8.56. The average molecular weight is 368 g/mol. The summed E-state index contributed by atoms with van der Waals surface area (Å²) in [6, 6.07) is 14.2. The number of hydrogen-bond donors (Lipinski definition) is 1. The number of aromatic nitrogens is 2. The quantitative estimate of drug-likeness (QED) is 0.485. The van der Waals surface area contributed by atoms with Crippen LogP contribution in [0.2, 0.25) is 0 Å². The zero-order chi connectivity index (χ0) is 19.1. The molecule has 2 aromatic carbocycles. The molecule has 140 valence electrons. The van der Waals surface area contributed by atoms with Crippen molar-refractivity contribution in [1.29, 1.82) is 0 Å². The number of carbonyl (C=O) groups excluding carboxylic acids is 1. The lowest BCUT2D eigenvalue weighted by Crippen LogP contribution is -2.15. The number of carbonyl (C=O) groups is 1. The topological polar surface area (TPSA) is 90.5 Å². The van der Waals surface area contributed by atoms with E-state index in [0.29, 0.717) is 28.9 Å². The van der Waals surface area contributed by atoms with Gasteiger partial charge in [-0.15, -0.1) is 0 Å². The first-order chi connectivity index (χ1) is 13.2. The second-order valence-electron chi connectivity index (χ2n) is 5.77. The summed E-state index contributed by atoms with van der Waals surface area (Å²) in [7, 11) is 1.60. The van der Waals surface area contributed by atoms with Crippen molar-refractivity contribution in [3.05, 3.63) is 64.7 Å². The maximum atomic E-state index is 12.0. The summed E-state index contributed by atoms with van der Waals surface area (Å²) in [6.45, 7) is 0.398. The zero-order valence-corrected chi connectivity index (χ0v) is 14.9. The van der Waals surface area contributed by atoms with Gasteiger partial charge >= 0.3 is 5.97 Å². The van der Waals surface area contributed by atoms with E-state index in [0.717, 1.165) is 5.75 Å². The van der Waals surface area contributed by atoms with Gasteiger partial charge in [-0.25, -0.2) is 4.98 Å². The Hall–Kier alpha value is -3.35. The van der Waals surface area contributed by atoms with E-state index in [4.69, 9.17) is 14.2 Å². The zero-order valence-electron chi connectivity index (χ0n) is 14.9. The molecule has 0 bridgehead atoms. The standard InChI is InChI=1S/C20H20N2O5/c1-25-14-6-8-15(9-7-14)26-12-13-27-19(23)11-10-18-21-17-5-3-2-4-16(17)20(24)22-18/h2-9H,10-13H2,1H3,(H,21,22,24). The number of nitrogens with one attached hydrogen (secondary N) is 1. The van der Waals surface area contributed by atoms with Gasteiger partial charge in [-0.05, 0) is 36.4 Å². The molecule has 7 heteroatoms. The Kier molecular flexibility index (Phi) is 6.04. The summed E-state index contributed by atoms with van der Waals surface area (Å²) in [5.41, 5.74) is 0.398. The number of H-pyrrole nitrogens is 1. The van der Waals surface area contributed by atoms with Crippen LogP contribution < -0.4 is 15.0 Å². The minimum Gasteiger partial charge on any atom is -0.497 e. The van der Waals surface area contributed by atoms with Crippen LogP contribution in [0, 0.1) is 0 Å². The third-order valence-electron chi connectivity index (χ3n) is 3.90. The fraction of sp³-hybridized carbons (Fsp3) is 0.250. The van der Waals surface area contributed by atoms with E-state index in [2.05, 4.69) is 9.97 Å². The van der Waals surface area contributed by atoms with Gasteiger partial charge in [-0.3, -0.25) is 9.59 Å². The van der Waals surface area contributed by atoms with Crippen LogP contribution in [0.25, 0.3) is 10.9 Å². The molecule has 0 aliphatic rings. The third kappa shape index (κ3) is 5.07. The Morgan fingerprint density at radius 1 is 1.04 bits per heavy atom. The van der Waals surface area contributed by atoms with E-state index in [1.165, 1.54) is 0 Å². The molecular weight excluding hydrogens is 348 g/mol. The van der Waals surface area contributed by atoms with Crippen molar-refractivity contribution in [1.82, 2.24) is 9.97 Å². The van der Waals surface area contributed by atoms with E-state index < -0.39 is 0 Å². The maximum Gasteiger partial charge on any atom is 0.306 e. The van der Waals surface area contributed by atoms with E-state index in [9.17, 15) is 9.59 Å². The summed E-state index contributed by atoms with van der Waals surface area (Å²) < 4.78 is 15.7. The highest BCUT2D eigenvalue weighted by Gasteiger charge is 2.08. The van der Waals surface area contributed by atoms with Crippen LogP contribution in [0.5, 0.6) is 11.5 Å². The Balaban J connectivity index is 1.42. The van der Waals surface area contributed by atoms with Gasteiger partial charge in [0.05, 0.1) is 24.4 Å². The van der Waals surface area contributed by atoms with Crippen molar-refractivity contribution >= 4 is 16.9 Å². The van der Waals surface area contributed by atoms with Gasteiger partial charge in [0, 0.05) is 6.42 Å². The molecule has 0 spiro atoms. The molecule has 0 atom stereocenters. The van der Waals surface area contributed by atoms with Crippen molar-refractivity contribution in [2.45, 2.75) is 12.8 Å². The number of fused-ring (bicyclic) bond motifs is 1. The van der Waals surface area contributed by atoms with Gasteiger partial charge in [-0.2, -0.15) is 0 Å². The van der Waals surface area contributed by atoms with E-state index in [-0.39, 0.29) is 31.2 Å². The number of ether oxygens (including phenoxy) is 3. The van der Waals surface area contributed by atoms with E-state index >= 15 is 0 Å². The molecule has 1 aromatic heterocycles. The Morgan fingerprint density at radius 2 is 1.78 bits per heavy atom. The number of esters is 1. The second-order valence-corrected chi connectivity index (χ2v) is 5.77. The number of nitrogens with zero attached hydrogens (tertiary/aromatic N) is 1. The fourth-order valence-corrected chi connectivity index (χ4v) is 2.53. The number of aryl methyl sites for hydroxylation is 1. The largest absolute Gasteiger partial charge is 0.497 e. The molecule has 27 heavy (non-hydrogen) atoms. The van der Waals surface area contributed by atoms with Crippen LogP contribution in [0.1, 0.15) is 12.2 Å². The Bertz CT molecular complexity index is 966. The maximum absolute atomic E-state index is 12.0. The van der Waals surface area contributed by atoms with Gasteiger partial charge in [-0.1, -0.05) is 12.1 Å². The van der Waals surface area contributed by atoms with Crippen molar-refractivity contribution < 1.29 is 19.0 Å². The lowest BCUT2D eigenvalue weighted by atomic mass is 10.2. The minimum atomic E-state index is -0.371. The highest BCUT2D eigenvalue weighted by Crippen LogP contribution is 2.16. The second kappa shape index (κ2) is 8.84. The van der Waals surface area contributed by atoms with Crippen LogP contribution >= 0.6 is 0 Å². The molecule has 0 saturated heterocycles.